The van der Waals surface area contributed by atoms with Crippen LogP contribution < -0.4 is 0 Å². The number of rotatable bonds is 4. The first kappa shape index (κ1) is 9.74. The second-order valence-electron chi connectivity index (χ2n) is 3.63. The molecule has 0 nitrogen and oxygen atoms in total. The van der Waals surface area contributed by atoms with E-state index in [2.05, 4.69) is 39.8 Å². The maximum atomic E-state index is 2.33. The summed E-state index contributed by atoms with van der Waals surface area (Å²) in [5, 5.41) is 0. The van der Waals surface area contributed by atoms with Crippen molar-refractivity contribution in [3.05, 3.63) is 12.2 Å². The minimum Gasteiger partial charge on any atom is -0.0917 e. The van der Waals surface area contributed by atoms with Crippen molar-refractivity contribution in [2.45, 2.75) is 47.0 Å². The van der Waals surface area contributed by atoms with Crippen LogP contribution in [0.2, 0.25) is 0 Å². The highest BCUT2D eigenvalue weighted by atomic mass is 14.2. The number of allylic oxidation sites excluding steroid dienone is 2. The van der Waals surface area contributed by atoms with Crippen LogP contribution in [-0.4, -0.2) is 0 Å². The van der Waals surface area contributed by atoms with Gasteiger partial charge in [0.2, 0.25) is 0 Å². The summed E-state index contributed by atoms with van der Waals surface area (Å²) in [5.74, 6) is 0. The van der Waals surface area contributed by atoms with Crippen LogP contribution in [0.4, 0.5) is 0 Å². The SMILES string of the molecule is C/C=C/CCC(C)(C)CC. The summed E-state index contributed by atoms with van der Waals surface area (Å²) in [6.07, 6.45) is 8.21. The van der Waals surface area contributed by atoms with Crippen molar-refractivity contribution in [1.29, 1.82) is 0 Å². The highest BCUT2D eigenvalue weighted by molar-refractivity contribution is 4.79. The molecule has 0 aliphatic heterocycles. The molecule has 0 radical (unpaired) electrons. The maximum Gasteiger partial charge on any atom is -0.0346 e. The van der Waals surface area contributed by atoms with E-state index in [9.17, 15) is 0 Å². The Morgan fingerprint density at radius 2 is 1.90 bits per heavy atom. The Morgan fingerprint density at radius 3 is 2.30 bits per heavy atom. The molecule has 0 heterocycles. The van der Waals surface area contributed by atoms with E-state index in [1.807, 2.05) is 0 Å². The van der Waals surface area contributed by atoms with Gasteiger partial charge in [0, 0.05) is 0 Å². The van der Waals surface area contributed by atoms with Gasteiger partial charge in [-0.25, -0.2) is 0 Å². The van der Waals surface area contributed by atoms with Crippen LogP contribution in [-0.2, 0) is 0 Å². The van der Waals surface area contributed by atoms with Gasteiger partial charge >= 0.3 is 0 Å². The van der Waals surface area contributed by atoms with E-state index in [0.717, 1.165) is 0 Å². The van der Waals surface area contributed by atoms with Crippen LogP contribution >= 0.6 is 0 Å². The van der Waals surface area contributed by atoms with Crippen LogP contribution in [0.5, 0.6) is 0 Å². The summed E-state index contributed by atoms with van der Waals surface area (Å²) in [6, 6.07) is 0. The fraction of sp³-hybridized carbons (Fsp3) is 0.800. The predicted octanol–water partition coefficient (Wildman–Crippen LogP) is 3.78. The molecule has 0 heteroatoms. The topological polar surface area (TPSA) is 0 Å². The molecule has 0 spiro atoms. The van der Waals surface area contributed by atoms with Gasteiger partial charge in [0.05, 0.1) is 0 Å². The van der Waals surface area contributed by atoms with Gasteiger partial charge in [0.25, 0.3) is 0 Å². The van der Waals surface area contributed by atoms with E-state index in [0.29, 0.717) is 5.41 Å². The Morgan fingerprint density at radius 1 is 1.30 bits per heavy atom. The monoisotopic (exact) mass is 140 g/mol. The Labute approximate surface area is 65.3 Å². The summed E-state index contributed by atoms with van der Waals surface area (Å²) in [7, 11) is 0. The molecule has 0 saturated heterocycles. The zero-order valence-electron chi connectivity index (χ0n) is 7.78. The number of hydrogen-bond acceptors (Lipinski definition) is 0. The molecule has 0 atom stereocenters. The minimum absolute atomic E-state index is 0.541. The Bertz CT molecular complexity index is 98.6. The fourth-order valence-corrected chi connectivity index (χ4v) is 0.818. The van der Waals surface area contributed by atoms with E-state index in [4.69, 9.17) is 0 Å². The van der Waals surface area contributed by atoms with Gasteiger partial charge < -0.3 is 0 Å². The lowest BCUT2D eigenvalue weighted by molar-refractivity contribution is 0.325. The first-order valence-electron chi connectivity index (χ1n) is 4.23. The smallest absolute Gasteiger partial charge is 0.0346 e. The molecule has 0 saturated carbocycles. The molecular formula is C10H20. The molecule has 0 aliphatic rings. The van der Waals surface area contributed by atoms with Crippen molar-refractivity contribution < 1.29 is 0 Å². The van der Waals surface area contributed by atoms with E-state index in [1.165, 1.54) is 19.3 Å². The average molecular weight is 140 g/mol. The molecular weight excluding hydrogens is 120 g/mol. The normalized spacial score (nSPS) is 12.8. The lowest BCUT2D eigenvalue weighted by Crippen LogP contribution is -2.08. The van der Waals surface area contributed by atoms with Crippen LogP contribution in [0.25, 0.3) is 0 Å². The van der Waals surface area contributed by atoms with Crippen LogP contribution in [0.15, 0.2) is 12.2 Å². The quantitative estimate of drug-likeness (QED) is 0.521. The molecule has 0 bridgehead atoms. The van der Waals surface area contributed by atoms with Crippen molar-refractivity contribution in [1.82, 2.24) is 0 Å². The van der Waals surface area contributed by atoms with Gasteiger partial charge in [-0.05, 0) is 25.2 Å². The summed E-state index contributed by atoms with van der Waals surface area (Å²) in [6.45, 7) is 9.00. The highest BCUT2D eigenvalue weighted by Crippen LogP contribution is 2.25. The first-order chi connectivity index (χ1) is 4.62. The Kier molecular flexibility index (Phi) is 4.42. The molecule has 0 aromatic carbocycles. The molecule has 0 aromatic rings. The summed E-state index contributed by atoms with van der Waals surface area (Å²) >= 11 is 0. The zero-order valence-corrected chi connectivity index (χ0v) is 7.78. The standard InChI is InChI=1S/C10H20/c1-5-7-8-9-10(3,4)6-2/h5,7H,6,8-9H2,1-4H3/b7-5+. The second kappa shape index (κ2) is 4.54. The van der Waals surface area contributed by atoms with Crippen molar-refractivity contribution in [2.75, 3.05) is 0 Å². The summed E-state index contributed by atoms with van der Waals surface area (Å²) in [5.41, 5.74) is 0.541. The van der Waals surface area contributed by atoms with E-state index in [1.54, 1.807) is 0 Å². The van der Waals surface area contributed by atoms with Gasteiger partial charge in [-0.15, -0.1) is 0 Å². The second-order valence-corrected chi connectivity index (χ2v) is 3.63. The molecule has 0 aromatic heterocycles. The molecule has 0 fully saturated rings. The van der Waals surface area contributed by atoms with Crippen molar-refractivity contribution in [2.24, 2.45) is 5.41 Å². The third-order valence-corrected chi connectivity index (χ3v) is 2.18. The molecule has 60 valence electrons. The van der Waals surface area contributed by atoms with Gasteiger partial charge in [-0.2, -0.15) is 0 Å². The summed E-state index contributed by atoms with van der Waals surface area (Å²) < 4.78 is 0. The van der Waals surface area contributed by atoms with Crippen molar-refractivity contribution in [3.63, 3.8) is 0 Å². The Hall–Kier alpha value is -0.260. The van der Waals surface area contributed by atoms with Crippen LogP contribution in [0.1, 0.15) is 47.0 Å². The lowest BCUT2D eigenvalue weighted by atomic mass is 9.85. The predicted molar refractivity (Wildman–Crippen MR) is 48.1 cm³/mol. The number of hydrogen-bond donors (Lipinski definition) is 0. The van der Waals surface area contributed by atoms with E-state index in [-0.39, 0.29) is 0 Å². The van der Waals surface area contributed by atoms with Gasteiger partial charge in [0.1, 0.15) is 0 Å². The van der Waals surface area contributed by atoms with Gasteiger partial charge in [-0.3, -0.25) is 0 Å². The summed E-state index contributed by atoms with van der Waals surface area (Å²) in [4.78, 5) is 0. The van der Waals surface area contributed by atoms with Crippen LogP contribution in [0.3, 0.4) is 0 Å². The van der Waals surface area contributed by atoms with Crippen molar-refractivity contribution >= 4 is 0 Å². The third kappa shape index (κ3) is 4.60. The molecule has 0 rings (SSSR count). The van der Waals surface area contributed by atoms with Gasteiger partial charge in [-0.1, -0.05) is 39.3 Å². The highest BCUT2D eigenvalue weighted by Gasteiger charge is 2.12. The molecule has 0 unspecified atom stereocenters. The third-order valence-electron chi connectivity index (χ3n) is 2.18. The maximum absolute atomic E-state index is 2.33. The zero-order chi connectivity index (χ0) is 8.04. The van der Waals surface area contributed by atoms with Crippen molar-refractivity contribution in [3.8, 4) is 0 Å². The molecule has 0 N–H and O–H groups in total. The fourth-order valence-electron chi connectivity index (χ4n) is 0.818. The van der Waals surface area contributed by atoms with E-state index < -0.39 is 0 Å². The first-order valence-corrected chi connectivity index (χ1v) is 4.23. The molecule has 10 heavy (non-hydrogen) atoms. The minimum atomic E-state index is 0.541. The molecule has 0 aliphatic carbocycles. The largest absolute Gasteiger partial charge is 0.0917 e. The van der Waals surface area contributed by atoms with Gasteiger partial charge in [0.15, 0.2) is 0 Å². The molecule has 0 amide bonds. The lowest BCUT2D eigenvalue weighted by Gasteiger charge is -2.21. The average Bonchev–Trinajstić information content (AvgIpc) is 1.89. The van der Waals surface area contributed by atoms with E-state index >= 15 is 0 Å². The van der Waals surface area contributed by atoms with Crippen LogP contribution in [0, 0.1) is 5.41 Å². The Balaban J connectivity index is 3.46.